The van der Waals surface area contributed by atoms with Gasteiger partial charge in [0, 0.05) is 13.2 Å². The summed E-state index contributed by atoms with van der Waals surface area (Å²) in [5.41, 5.74) is 1.12. The summed E-state index contributed by atoms with van der Waals surface area (Å²) >= 11 is 4.09. The van der Waals surface area contributed by atoms with Crippen molar-refractivity contribution in [2.45, 2.75) is 6.42 Å². The van der Waals surface area contributed by atoms with Gasteiger partial charge in [-0.15, -0.1) is 0 Å². The van der Waals surface area contributed by atoms with Crippen molar-refractivity contribution < 1.29 is 0 Å². The topological polar surface area (TPSA) is 17.8 Å². The molecule has 0 aromatic carbocycles. The number of aryl methyl sites for hydroxylation is 2. The minimum Gasteiger partial charge on any atom is -0.340 e. The van der Waals surface area contributed by atoms with Gasteiger partial charge in [-0.05, 0) is 12.2 Å². The monoisotopic (exact) mass is 142 g/mol. The smallest absolute Gasteiger partial charge is 0.0946 e. The zero-order valence-corrected chi connectivity index (χ0v) is 6.30. The molecule has 0 aliphatic heterocycles. The normalized spacial score (nSPS) is 10.0. The molecule has 0 aliphatic rings. The van der Waals surface area contributed by atoms with Crippen molar-refractivity contribution in [1.82, 2.24) is 9.55 Å². The Bertz CT molecular complexity index is 183. The van der Waals surface area contributed by atoms with Gasteiger partial charge in [0.25, 0.3) is 0 Å². The molecule has 2 nitrogen and oxygen atoms in total. The minimum absolute atomic E-state index is 0.872. The van der Waals surface area contributed by atoms with Crippen LogP contribution in [0, 0.1) is 0 Å². The molecular formula is C6H10N2S. The highest BCUT2D eigenvalue weighted by atomic mass is 32.1. The molecule has 1 heterocycles. The Morgan fingerprint density at radius 3 is 3.00 bits per heavy atom. The van der Waals surface area contributed by atoms with Gasteiger partial charge in [0.2, 0.25) is 0 Å². The zero-order chi connectivity index (χ0) is 6.69. The summed E-state index contributed by atoms with van der Waals surface area (Å²) in [7, 11) is 1.97. The van der Waals surface area contributed by atoms with E-state index in [0.717, 1.165) is 17.9 Å². The molecule has 0 N–H and O–H groups in total. The summed E-state index contributed by atoms with van der Waals surface area (Å²) < 4.78 is 1.94. The van der Waals surface area contributed by atoms with E-state index in [-0.39, 0.29) is 0 Å². The third-order valence-electron chi connectivity index (χ3n) is 1.13. The number of hydrogen-bond donors (Lipinski definition) is 1. The van der Waals surface area contributed by atoms with Crippen LogP contribution in [0.5, 0.6) is 0 Å². The molecule has 3 heteroatoms. The molecule has 9 heavy (non-hydrogen) atoms. The maximum Gasteiger partial charge on any atom is 0.0946 e. The second kappa shape index (κ2) is 2.92. The Morgan fingerprint density at radius 1 is 1.78 bits per heavy atom. The number of imidazole rings is 1. The molecule has 0 aliphatic carbocycles. The second-order valence-electron chi connectivity index (χ2n) is 2.00. The lowest BCUT2D eigenvalue weighted by Crippen LogP contribution is -1.84. The first-order valence-corrected chi connectivity index (χ1v) is 3.54. The largest absolute Gasteiger partial charge is 0.340 e. The Kier molecular flexibility index (Phi) is 2.16. The maximum atomic E-state index is 4.12. The SMILES string of the molecule is Cn1cnc(CCS)c1. The van der Waals surface area contributed by atoms with Gasteiger partial charge in [0.15, 0.2) is 0 Å². The van der Waals surface area contributed by atoms with E-state index in [1.807, 2.05) is 17.8 Å². The average Bonchev–Trinajstić information content (AvgIpc) is 2.17. The maximum absolute atomic E-state index is 4.12. The van der Waals surface area contributed by atoms with Gasteiger partial charge in [-0.3, -0.25) is 0 Å². The van der Waals surface area contributed by atoms with Gasteiger partial charge in [-0.25, -0.2) is 4.98 Å². The number of nitrogens with zero attached hydrogens (tertiary/aromatic N) is 2. The molecule has 0 spiro atoms. The fraction of sp³-hybridized carbons (Fsp3) is 0.500. The molecule has 0 amide bonds. The van der Waals surface area contributed by atoms with Crippen molar-refractivity contribution in [2.75, 3.05) is 5.75 Å². The van der Waals surface area contributed by atoms with Crippen molar-refractivity contribution in [3.8, 4) is 0 Å². The first kappa shape index (κ1) is 6.68. The highest BCUT2D eigenvalue weighted by molar-refractivity contribution is 7.80. The molecule has 1 aromatic rings. The third kappa shape index (κ3) is 1.75. The minimum atomic E-state index is 0.872. The van der Waals surface area contributed by atoms with Gasteiger partial charge >= 0.3 is 0 Å². The van der Waals surface area contributed by atoms with Crippen LogP contribution in [0.2, 0.25) is 0 Å². The second-order valence-corrected chi connectivity index (χ2v) is 2.45. The van der Waals surface area contributed by atoms with Crippen molar-refractivity contribution >= 4 is 12.6 Å². The van der Waals surface area contributed by atoms with Crippen LogP contribution in [-0.4, -0.2) is 15.3 Å². The molecule has 50 valence electrons. The molecule has 0 bridgehead atoms. The van der Waals surface area contributed by atoms with Gasteiger partial charge in [0.05, 0.1) is 12.0 Å². The van der Waals surface area contributed by atoms with Crippen LogP contribution >= 0.6 is 12.6 Å². The quantitative estimate of drug-likeness (QED) is 0.607. The van der Waals surface area contributed by atoms with E-state index >= 15 is 0 Å². The van der Waals surface area contributed by atoms with Crippen LogP contribution in [0.1, 0.15) is 5.69 Å². The van der Waals surface area contributed by atoms with Crippen molar-refractivity contribution in [1.29, 1.82) is 0 Å². The van der Waals surface area contributed by atoms with E-state index in [1.54, 1.807) is 6.33 Å². The van der Waals surface area contributed by atoms with E-state index in [4.69, 9.17) is 0 Å². The molecular weight excluding hydrogens is 132 g/mol. The van der Waals surface area contributed by atoms with E-state index in [9.17, 15) is 0 Å². The van der Waals surface area contributed by atoms with Gasteiger partial charge in [0.1, 0.15) is 0 Å². The summed E-state index contributed by atoms with van der Waals surface area (Å²) in [6.45, 7) is 0. The van der Waals surface area contributed by atoms with Crippen LogP contribution in [0.15, 0.2) is 12.5 Å². The van der Waals surface area contributed by atoms with Gasteiger partial charge in [-0.2, -0.15) is 12.6 Å². The molecule has 0 fully saturated rings. The van der Waals surface area contributed by atoms with Gasteiger partial charge < -0.3 is 4.57 Å². The van der Waals surface area contributed by atoms with Gasteiger partial charge in [-0.1, -0.05) is 0 Å². The summed E-state index contributed by atoms with van der Waals surface area (Å²) in [5, 5.41) is 0. The predicted octanol–water partition coefficient (Wildman–Crippen LogP) is 0.892. The summed E-state index contributed by atoms with van der Waals surface area (Å²) in [5.74, 6) is 0.872. The third-order valence-corrected chi connectivity index (χ3v) is 1.35. The molecule has 1 rings (SSSR count). The molecule has 0 unspecified atom stereocenters. The lowest BCUT2D eigenvalue weighted by molar-refractivity contribution is 0.912. The Morgan fingerprint density at radius 2 is 2.56 bits per heavy atom. The number of rotatable bonds is 2. The summed E-state index contributed by atoms with van der Waals surface area (Å²) in [6, 6.07) is 0. The van der Waals surface area contributed by atoms with E-state index < -0.39 is 0 Å². The average molecular weight is 142 g/mol. The van der Waals surface area contributed by atoms with Crippen molar-refractivity contribution in [3.63, 3.8) is 0 Å². The lowest BCUT2D eigenvalue weighted by atomic mass is 10.4. The lowest BCUT2D eigenvalue weighted by Gasteiger charge is -1.86. The first-order valence-electron chi connectivity index (χ1n) is 2.90. The Hall–Kier alpha value is -0.440. The summed E-state index contributed by atoms with van der Waals surface area (Å²) in [6.07, 6.45) is 4.78. The summed E-state index contributed by atoms with van der Waals surface area (Å²) in [4.78, 5) is 4.12. The fourth-order valence-electron chi connectivity index (χ4n) is 0.711. The molecule has 1 aromatic heterocycles. The fourth-order valence-corrected chi connectivity index (χ4v) is 0.940. The van der Waals surface area contributed by atoms with E-state index in [2.05, 4.69) is 17.6 Å². The Labute approximate surface area is 60.3 Å². The zero-order valence-electron chi connectivity index (χ0n) is 5.41. The van der Waals surface area contributed by atoms with E-state index in [0.29, 0.717) is 0 Å². The van der Waals surface area contributed by atoms with Crippen LogP contribution in [0.25, 0.3) is 0 Å². The molecule has 0 atom stereocenters. The van der Waals surface area contributed by atoms with Crippen LogP contribution in [0.3, 0.4) is 0 Å². The van der Waals surface area contributed by atoms with Crippen molar-refractivity contribution in [2.24, 2.45) is 7.05 Å². The number of hydrogen-bond acceptors (Lipinski definition) is 2. The first-order chi connectivity index (χ1) is 4.33. The molecule has 0 radical (unpaired) electrons. The van der Waals surface area contributed by atoms with Crippen molar-refractivity contribution in [3.05, 3.63) is 18.2 Å². The van der Waals surface area contributed by atoms with E-state index in [1.165, 1.54) is 0 Å². The number of aromatic nitrogens is 2. The Balaban J connectivity index is 2.61. The standard InChI is InChI=1S/C6H10N2S/c1-8-4-6(2-3-9)7-5-8/h4-5,9H,2-3H2,1H3. The highest BCUT2D eigenvalue weighted by Crippen LogP contribution is 1.95. The van der Waals surface area contributed by atoms with Crippen LogP contribution in [0.4, 0.5) is 0 Å². The molecule has 0 saturated heterocycles. The predicted molar refractivity (Wildman–Crippen MR) is 40.8 cm³/mol. The van der Waals surface area contributed by atoms with Crippen LogP contribution < -0.4 is 0 Å². The molecule has 0 saturated carbocycles. The van der Waals surface area contributed by atoms with Crippen LogP contribution in [-0.2, 0) is 13.5 Å². The highest BCUT2D eigenvalue weighted by Gasteiger charge is 1.91. The number of thiol groups is 1.